The molecule has 1 rings (SSSR count). The molecule has 0 unspecified atom stereocenters. The second-order valence-electron chi connectivity index (χ2n) is 3.28. The van der Waals surface area contributed by atoms with E-state index < -0.39 is 4.92 Å². The number of nitrogens with one attached hydrogen (secondary N) is 2. The van der Waals surface area contributed by atoms with Crippen molar-refractivity contribution >= 4 is 11.4 Å². The van der Waals surface area contributed by atoms with E-state index in [0.717, 1.165) is 19.5 Å². The summed E-state index contributed by atoms with van der Waals surface area (Å²) in [5.74, 6) is 0. The molecule has 0 atom stereocenters. The number of nitrogens with zero attached hydrogens (tertiary/aromatic N) is 2. The monoisotopic (exact) mass is 224 g/mol. The van der Waals surface area contributed by atoms with Gasteiger partial charge < -0.3 is 10.6 Å². The Morgan fingerprint density at radius 1 is 1.50 bits per heavy atom. The highest BCUT2D eigenvalue weighted by atomic mass is 16.6. The van der Waals surface area contributed by atoms with Crippen LogP contribution in [-0.2, 0) is 0 Å². The smallest absolute Gasteiger partial charge is 0.310 e. The summed E-state index contributed by atoms with van der Waals surface area (Å²) in [5.41, 5.74) is 0.544. The number of hydrogen-bond donors (Lipinski definition) is 2. The van der Waals surface area contributed by atoms with Crippen molar-refractivity contribution in [3.63, 3.8) is 0 Å². The summed E-state index contributed by atoms with van der Waals surface area (Å²) in [5, 5.41) is 16.9. The number of anilines is 1. The van der Waals surface area contributed by atoms with E-state index in [0.29, 0.717) is 12.2 Å². The highest BCUT2D eigenvalue weighted by Gasteiger charge is 2.11. The Balaban J connectivity index is 2.44. The molecule has 16 heavy (non-hydrogen) atoms. The molecule has 0 saturated heterocycles. The molecule has 1 aromatic rings. The van der Waals surface area contributed by atoms with Crippen molar-refractivity contribution in [1.29, 1.82) is 0 Å². The van der Waals surface area contributed by atoms with Gasteiger partial charge in [-0.2, -0.15) is 0 Å². The third-order valence-electron chi connectivity index (χ3n) is 2.09. The highest BCUT2D eigenvalue weighted by Crippen LogP contribution is 2.21. The van der Waals surface area contributed by atoms with Gasteiger partial charge in [0.25, 0.3) is 0 Å². The maximum Gasteiger partial charge on any atom is 0.310 e. The van der Waals surface area contributed by atoms with Crippen LogP contribution in [-0.4, -0.2) is 29.5 Å². The van der Waals surface area contributed by atoms with Crippen LogP contribution in [0, 0.1) is 10.1 Å². The maximum absolute atomic E-state index is 10.7. The van der Waals surface area contributed by atoms with Gasteiger partial charge in [-0.25, -0.2) is 0 Å². The van der Waals surface area contributed by atoms with Gasteiger partial charge in [-0.1, -0.05) is 6.92 Å². The first-order valence-corrected chi connectivity index (χ1v) is 5.28. The second kappa shape index (κ2) is 6.73. The van der Waals surface area contributed by atoms with Crippen LogP contribution in [0.2, 0.25) is 0 Å². The lowest BCUT2D eigenvalue weighted by molar-refractivity contribution is -0.384. The van der Waals surface area contributed by atoms with Crippen LogP contribution in [0.3, 0.4) is 0 Å². The van der Waals surface area contributed by atoms with Gasteiger partial charge >= 0.3 is 5.69 Å². The second-order valence-corrected chi connectivity index (χ2v) is 3.28. The Bertz CT molecular complexity index is 343. The van der Waals surface area contributed by atoms with Crippen molar-refractivity contribution in [2.24, 2.45) is 0 Å². The zero-order valence-electron chi connectivity index (χ0n) is 9.27. The summed E-state index contributed by atoms with van der Waals surface area (Å²) in [6, 6.07) is 1.62. The van der Waals surface area contributed by atoms with E-state index in [-0.39, 0.29) is 5.69 Å². The third kappa shape index (κ3) is 3.82. The van der Waals surface area contributed by atoms with E-state index in [1.54, 1.807) is 12.3 Å². The Hall–Kier alpha value is -1.69. The van der Waals surface area contributed by atoms with E-state index >= 15 is 0 Å². The van der Waals surface area contributed by atoms with Gasteiger partial charge in [-0.3, -0.25) is 15.1 Å². The van der Waals surface area contributed by atoms with E-state index in [1.807, 2.05) is 6.92 Å². The summed E-state index contributed by atoms with van der Waals surface area (Å²) in [7, 11) is 0. The molecule has 0 amide bonds. The van der Waals surface area contributed by atoms with Crippen molar-refractivity contribution in [2.45, 2.75) is 13.3 Å². The van der Waals surface area contributed by atoms with Gasteiger partial charge in [0.1, 0.15) is 11.9 Å². The van der Waals surface area contributed by atoms with Gasteiger partial charge in [0.05, 0.1) is 4.92 Å². The molecule has 0 aliphatic heterocycles. The maximum atomic E-state index is 10.7. The van der Waals surface area contributed by atoms with Gasteiger partial charge in [0.15, 0.2) is 0 Å². The number of hydrogen-bond acceptors (Lipinski definition) is 5. The van der Waals surface area contributed by atoms with Crippen LogP contribution >= 0.6 is 0 Å². The zero-order valence-corrected chi connectivity index (χ0v) is 9.27. The van der Waals surface area contributed by atoms with Crippen LogP contribution in [0.5, 0.6) is 0 Å². The van der Waals surface area contributed by atoms with Crippen LogP contribution in [0.1, 0.15) is 13.3 Å². The van der Waals surface area contributed by atoms with Crippen molar-refractivity contribution < 1.29 is 4.92 Å². The predicted molar refractivity (Wildman–Crippen MR) is 62.5 cm³/mol. The Kier molecular flexibility index (Phi) is 5.21. The molecule has 2 N–H and O–H groups in total. The Labute approximate surface area is 94.2 Å². The van der Waals surface area contributed by atoms with E-state index in [9.17, 15) is 10.1 Å². The molecule has 6 heteroatoms. The van der Waals surface area contributed by atoms with Crippen molar-refractivity contribution in [3.8, 4) is 0 Å². The fraction of sp³-hybridized carbons (Fsp3) is 0.500. The standard InChI is InChI=1S/C10H16N4O2/c1-2-11-5-3-6-13-9-4-7-12-8-10(9)14(15)16/h4,7-8,11H,2-3,5-6H2,1H3,(H,12,13). The molecule has 0 aromatic carbocycles. The number of pyridine rings is 1. The van der Waals surface area contributed by atoms with Crippen LogP contribution in [0.4, 0.5) is 11.4 Å². The van der Waals surface area contributed by atoms with Crippen LogP contribution in [0.15, 0.2) is 18.5 Å². The van der Waals surface area contributed by atoms with Gasteiger partial charge in [0.2, 0.25) is 0 Å². The molecule has 0 aliphatic carbocycles. The molecule has 0 aliphatic rings. The lowest BCUT2D eigenvalue weighted by Crippen LogP contribution is -2.17. The minimum absolute atomic E-state index is 0.0194. The first-order chi connectivity index (χ1) is 7.75. The van der Waals surface area contributed by atoms with Crippen molar-refractivity contribution in [3.05, 3.63) is 28.6 Å². The van der Waals surface area contributed by atoms with Gasteiger partial charge in [-0.05, 0) is 25.6 Å². The number of aromatic nitrogens is 1. The summed E-state index contributed by atoms with van der Waals surface area (Å²) in [4.78, 5) is 14.0. The quantitative estimate of drug-likeness (QED) is 0.415. The summed E-state index contributed by atoms with van der Waals surface area (Å²) in [6.07, 6.45) is 3.72. The fourth-order valence-corrected chi connectivity index (χ4v) is 1.29. The fourth-order valence-electron chi connectivity index (χ4n) is 1.29. The lowest BCUT2D eigenvalue weighted by Gasteiger charge is -2.06. The molecule has 6 nitrogen and oxygen atoms in total. The largest absolute Gasteiger partial charge is 0.379 e. The van der Waals surface area contributed by atoms with E-state index in [4.69, 9.17) is 0 Å². The average Bonchev–Trinajstić information content (AvgIpc) is 2.29. The summed E-state index contributed by atoms with van der Waals surface area (Å²) >= 11 is 0. The van der Waals surface area contributed by atoms with Crippen LogP contribution < -0.4 is 10.6 Å². The summed E-state index contributed by atoms with van der Waals surface area (Å²) in [6.45, 7) is 4.59. The molecule has 0 saturated carbocycles. The van der Waals surface area contributed by atoms with E-state index in [2.05, 4.69) is 15.6 Å². The summed E-state index contributed by atoms with van der Waals surface area (Å²) < 4.78 is 0. The number of nitro groups is 1. The highest BCUT2D eigenvalue weighted by molar-refractivity contribution is 5.59. The molecule has 0 radical (unpaired) electrons. The Morgan fingerprint density at radius 3 is 3.00 bits per heavy atom. The predicted octanol–water partition coefficient (Wildman–Crippen LogP) is 1.40. The Morgan fingerprint density at radius 2 is 2.31 bits per heavy atom. The van der Waals surface area contributed by atoms with E-state index in [1.165, 1.54) is 6.20 Å². The van der Waals surface area contributed by atoms with Crippen molar-refractivity contribution in [2.75, 3.05) is 25.0 Å². The molecule has 0 bridgehead atoms. The van der Waals surface area contributed by atoms with Crippen LogP contribution in [0.25, 0.3) is 0 Å². The molecular formula is C10H16N4O2. The lowest BCUT2D eigenvalue weighted by atomic mass is 10.3. The average molecular weight is 224 g/mol. The first kappa shape index (κ1) is 12.4. The third-order valence-corrected chi connectivity index (χ3v) is 2.09. The van der Waals surface area contributed by atoms with Gasteiger partial charge in [-0.15, -0.1) is 0 Å². The zero-order chi connectivity index (χ0) is 11.8. The molecule has 1 aromatic heterocycles. The molecule has 0 spiro atoms. The normalized spacial score (nSPS) is 10.1. The molecular weight excluding hydrogens is 208 g/mol. The van der Waals surface area contributed by atoms with Gasteiger partial charge in [0, 0.05) is 12.7 Å². The minimum atomic E-state index is -0.431. The molecule has 1 heterocycles. The molecule has 88 valence electrons. The topological polar surface area (TPSA) is 80.1 Å². The minimum Gasteiger partial charge on any atom is -0.379 e. The molecule has 0 fully saturated rings. The number of rotatable bonds is 7. The first-order valence-electron chi connectivity index (χ1n) is 5.28. The van der Waals surface area contributed by atoms with Crippen molar-refractivity contribution in [1.82, 2.24) is 10.3 Å². The SMILES string of the molecule is CCNCCCNc1ccncc1[N+](=O)[O-].